The van der Waals surface area contributed by atoms with E-state index in [0.29, 0.717) is 12.8 Å². The predicted octanol–water partition coefficient (Wildman–Crippen LogP) is 9.40. The summed E-state index contributed by atoms with van der Waals surface area (Å²) in [4.78, 5) is 73.3. The van der Waals surface area contributed by atoms with Crippen molar-refractivity contribution < 1.29 is 90.6 Å². The van der Waals surface area contributed by atoms with E-state index in [4.69, 9.17) is 18.5 Å². The SMILES string of the molecule is CCCCC/C=C\C/C=C\CCCCCCCCCC(=O)O[C@H](COC(=O)CCCCCCC/C=C\C/C=C\CCCCC)COP(=O)(O)O[C@H]1C(O)C(O)C(OP(=O)(O)O)[C@@H](OP(=O)(O)O)C1O. The van der Waals surface area contributed by atoms with E-state index in [0.717, 1.165) is 103 Å². The Labute approximate surface area is 410 Å². The van der Waals surface area contributed by atoms with Crippen molar-refractivity contribution in [2.45, 2.75) is 224 Å². The fourth-order valence-corrected chi connectivity index (χ4v) is 9.44. The molecule has 1 aliphatic rings. The van der Waals surface area contributed by atoms with Gasteiger partial charge in [-0.25, -0.2) is 13.7 Å². The van der Waals surface area contributed by atoms with Crippen LogP contribution in [0.15, 0.2) is 48.6 Å². The molecule has 19 nitrogen and oxygen atoms in total. The van der Waals surface area contributed by atoms with Crippen molar-refractivity contribution in [1.82, 2.24) is 0 Å². The van der Waals surface area contributed by atoms with E-state index in [1.807, 2.05) is 0 Å². The minimum atomic E-state index is -5.61. The fourth-order valence-electron chi connectivity index (χ4n) is 7.35. The minimum Gasteiger partial charge on any atom is -0.462 e. The molecule has 0 aromatic carbocycles. The zero-order chi connectivity index (χ0) is 51.4. The molecular weight excluding hydrogens is 961 g/mol. The number of unbranched alkanes of at least 4 members (excludes halogenated alkanes) is 18. The van der Waals surface area contributed by atoms with Gasteiger partial charge in [-0.15, -0.1) is 0 Å². The summed E-state index contributed by atoms with van der Waals surface area (Å²) in [5.74, 6) is -1.32. The molecule has 0 heterocycles. The van der Waals surface area contributed by atoms with Crippen molar-refractivity contribution in [3.05, 3.63) is 48.6 Å². The Balaban J connectivity index is 2.72. The fraction of sp³-hybridized carbons (Fsp3) is 0.787. The van der Waals surface area contributed by atoms with Crippen LogP contribution < -0.4 is 0 Å². The Morgan fingerprint density at radius 1 is 0.464 bits per heavy atom. The zero-order valence-electron chi connectivity index (χ0n) is 40.9. The first kappa shape index (κ1) is 65.1. The quantitative estimate of drug-likeness (QED) is 0.0122. The molecule has 1 rings (SSSR count). The first-order chi connectivity index (χ1) is 32.8. The number of phosphoric acid groups is 3. The van der Waals surface area contributed by atoms with Crippen LogP contribution in [0, 0.1) is 0 Å². The minimum absolute atomic E-state index is 0.0152. The molecule has 0 amide bonds. The Hall–Kier alpha value is -1.89. The lowest BCUT2D eigenvalue weighted by Crippen LogP contribution is -2.65. The molecule has 22 heteroatoms. The number of esters is 2. The number of ether oxygens (including phenoxy) is 2. The smallest absolute Gasteiger partial charge is 0.462 e. The molecule has 5 unspecified atom stereocenters. The molecule has 0 aromatic rings. The highest BCUT2D eigenvalue weighted by atomic mass is 31.2. The molecule has 0 radical (unpaired) electrons. The van der Waals surface area contributed by atoms with Gasteiger partial charge in [0.05, 0.1) is 6.61 Å². The number of carbonyl (C=O) groups is 2. The molecule has 1 saturated carbocycles. The molecular formula is C47H85O19P3. The molecule has 0 bridgehead atoms. The van der Waals surface area contributed by atoms with Gasteiger partial charge in [-0.2, -0.15) is 0 Å². The van der Waals surface area contributed by atoms with Crippen LogP contribution in [-0.2, 0) is 50.9 Å². The Morgan fingerprint density at radius 2 is 0.841 bits per heavy atom. The summed E-state index contributed by atoms with van der Waals surface area (Å²) in [5, 5.41) is 31.9. The lowest BCUT2D eigenvalue weighted by molar-refractivity contribution is -0.213. The number of aliphatic hydroxyl groups excluding tert-OH is 3. The highest BCUT2D eigenvalue weighted by Crippen LogP contribution is 2.51. The van der Waals surface area contributed by atoms with E-state index in [9.17, 15) is 63.1 Å². The van der Waals surface area contributed by atoms with Crippen molar-refractivity contribution in [3.8, 4) is 0 Å². The van der Waals surface area contributed by atoms with Crippen LogP contribution in [0.5, 0.6) is 0 Å². The van der Waals surface area contributed by atoms with Gasteiger partial charge in [-0.05, 0) is 77.0 Å². The third-order valence-corrected chi connectivity index (χ3v) is 13.1. The van der Waals surface area contributed by atoms with Gasteiger partial charge in [0.1, 0.15) is 43.2 Å². The Morgan fingerprint density at radius 3 is 1.28 bits per heavy atom. The van der Waals surface area contributed by atoms with E-state index in [1.54, 1.807) is 0 Å². The van der Waals surface area contributed by atoms with Crippen LogP contribution in [0.3, 0.4) is 0 Å². The van der Waals surface area contributed by atoms with E-state index in [-0.39, 0.29) is 12.8 Å². The monoisotopic (exact) mass is 1050 g/mol. The summed E-state index contributed by atoms with van der Waals surface area (Å²) in [6.45, 7) is 2.88. The second-order valence-corrected chi connectivity index (χ2v) is 21.2. The average Bonchev–Trinajstić information content (AvgIpc) is 3.28. The van der Waals surface area contributed by atoms with Crippen molar-refractivity contribution in [1.29, 1.82) is 0 Å². The number of rotatable bonds is 42. The van der Waals surface area contributed by atoms with Gasteiger partial charge in [0.2, 0.25) is 0 Å². The van der Waals surface area contributed by atoms with Crippen LogP contribution in [0.1, 0.15) is 181 Å². The molecule has 8 atom stereocenters. The largest absolute Gasteiger partial charge is 0.472 e. The van der Waals surface area contributed by atoms with Crippen LogP contribution in [0.2, 0.25) is 0 Å². The number of phosphoric ester groups is 3. The van der Waals surface area contributed by atoms with E-state index < -0.39 is 91.3 Å². The first-order valence-corrected chi connectivity index (χ1v) is 29.5. The van der Waals surface area contributed by atoms with Crippen LogP contribution in [0.4, 0.5) is 0 Å². The maximum atomic E-state index is 13.1. The molecule has 1 aliphatic carbocycles. The lowest BCUT2D eigenvalue weighted by atomic mass is 9.85. The standard InChI is InChI=1S/C47H85O19P3/c1-3-5-7-9-11-13-15-17-19-20-22-24-26-28-30-32-34-36-41(49)63-39(37-61-40(48)35-33-31-29-27-25-23-21-18-16-14-12-10-8-6-4-2)38-62-69(59,60)66-45-42(50)43(51)46(64-67(53,54)55)47(44(45)52)65-68(56,57)58/h11-14,17-19,21,39,42-47,50-52H,3-10,15-16,20,22-38H2,1-2H3,(H,59,60)(H2,53,54,55)(H2,56,57,58)/b13-11-,14-12-,19-17-,21-18-/t39-,42?,43?,44?,45+,46?,47+/m1/s1. The van der Waals surface area contributed by atoms with E-state index in [1.165, 1.54) is 38.5 Å². The van der Waals surface area contributed by atoms with Crippen LogP contribution >= 0.6 is 23.5 Å². The summed E-state index contributed by atoms with van der Waals surface area (Å²) in [7, 11) is -16.6. The van der Waals surface area contributed by atoms with E-state index in [2.05, 4.69) is 71.5 Å². The molecule has 0 spiro atoms. The van der Waals surface area contributed by atoms with Gasteiger partial charge < -0.3 is 49.3 Å². The molecule has 69 heavy (non-hydrogen) atoms. The second kappa shape index (κ2) is 38.7. The lowest BCUT2D eigenvalue weighted by Gasteiger charge is -2.44. The first-order valence-electron chi connectivity index (χ1n) is 24.9. The van der Waals surface area contributed by atoms with Crippen LogP contribution in [0.25, 0.3) is 0 Å². The number of allylic oxidation sites excluding steroid dienone is 8. The van der Waals surface area contributed by atoms with Crippen molar-refractivity contribution in [2.75, 3.05) is 13.2 Å². The third-order valence-electron chi connectivity index (χ3n) is 11.1. The van der Waals surface area contributed by atoms with Gasteiger partial charge in [0.25, 0.3) is 0 Å². The van der Waals surface area contributed by atoms with Gasteiger partial charge >= 0.3 is 35.4 Å². The number of carbonyl (C=O) groups excluding carboxylic acids is 2. The van der Waals surface area contributed by atoms with Gasteiger partial charge in [-0.3, -0.25) is 27.7 Å². The summed E-state index contributed by atoms with van der Waals surface area (Å²) < 4.78 is 65.5. The summed E-state index contributed by atoms with van der Waals surface area (Å²) in [5.41, 5.74) is 0. The maximum Gasteiger partial charge on any atom is 0.472 e. The van der Waals surface area contributed by atoms with Crippen molar-refractivity contribution >= 4 is 35.4 Å². The number of hydrogen-bond donors (Lipinski definition) is 8. The normalized spacial score (nSPS) is 21.7. The van der Waals surface area contributed by atoms with Crippen molar-refractivity contribution in [3.63, 3.8) is 0 Å². The van der Waals surface area contributed by atoms with Crippen molar-refractivity contribution in [2.24, 2.45) is 0 Å². The molecule has 402 valence electrons. The summed E-state index contributed by atoms with van der Waals surface area (Å²) in [6, 6.07) is 0. The Kier molecular flexibility index (Phi) is 36.5. The molecule has 0 aromatic heterocycles. The average molecular weight is 1050 g/mol. The molecule has 8 N–H and O–H groups in total. The van der Waals surface area contributed by atoms with Gasteiger partial charge in [0.15, 0.2) is 6.10 Å². The molecule has 0 aliphatic heterocycles. The summed E-state index contributed by atoms with van der Waals surface area (Å²) in [6.07, 6.45) is 25.4. The zero-order valence-corrected chi connectivity index (χ0v) is 43.6. The predicted molar refractivity (Wildman–Crippen MR) is 261 cm³/mol. The summed E-state index contributed by atoms with van der Waals surface area (Å²) >= 11 is 0. The highest BCUT2D eigenvalue weighted by molar-refractivity contribution is 7.47. The van der Waals surface area contributed by atoms with Gasteiger partial charge in [-0.1, -0.05) is 140 Å². The third kappa shape index (κ3) is 35.0. The Bertz CT molecular complexity index is 1630. The maximum absolute atomic E-state index is 13.1. The topological polar surface area (TPSA) is 303 Å². The number of aliphatic hydroxyl groups is 3. The molecule has 1 fully saturated rings. The molecule has 0 saturated heterocycles. The van der Waals surface area contributed by atoms with Crippen LogP contribution in [-0.4, -0.2) is 108 Å². The second-order valence-electron chi connectivity index (χ2n) is 17.4. The van der Waals surface area contributed by atoms with Gasteiger partial charge in [0, 0.05) is 12.8 Å². The van der Waals surface area contributed by atoms with E-state index >= 15 is 0 Å². The number of hydrogen-bond acceptors (Lipinski definition) is 14. The highest BCUT2D eigenvalue weighted by Gasteiger charge is 2.56.